The first kappa shape index (κ1) is 9.34. The number of hydrogen-bond acceptors (Lipinski definition) is 2. The van der Waals surface area contributed by atoms with Crippen LogP contribution in [0.4, 0.5) is 0 Å². The zero-order valence-corrected chi connectivity index (χ0v) is 9.09. The Labute approximate surface area is 89.8 Å². The predicted molar refractivity (Wildman–Crippen MR) is 56.7 cm³/mol. The molecule has 2 nitrogen and oxygen atoms in total. The highest BCUT2D eigenvalue weighted by atomic mass is 79.9. The Bertz CT molecular complexity index is 429. The number of hydrogen-bond donors (Lipinski definition) is 0. The number of carbonyl (C=O) groups excluding carboxylic acids is 2. The molecule has 0 N–H and O–H groups in total. The van der Waals surface area contributed by atoms with E-state index in [9.17, 15) is 9.59 Å². The van der Waals surface area contributed by atoms with Crippen LogP contribution in [0.25, 0.3) is 0 Å². The number of benzene rings is 1. The number of allylic oxidation sites excluding steroid dienone is 2. The highest BCUT2D eigenvalue weighted by Crippen LogP contribution is 2.28. The quantitative estimate of drug-likeness (QED) is 0.710. The summed E-state index contributed by atoms with van der Waals surface area (Å²) < 4.78 is 0.376. The average molecular weight is 251 g/mol. The van der Waals surface area contributed by atoms with E-state index < -0.39 is 0 Å². The van der Waals surface area contributed by atoms with Crippen molar-refractivity contribution in [3.05, 3.63) is 45.4 Å². The summed E-state index contributed by atoms with van der Waals surface area (Å²) in [5, 5.41) is 0. The molecule has 0 saturated heterocycles. The van der Waals surface area contributed by atoms with E-state index in [0.29, 0.717) is 21.2 Å². The molecule has 0 aliphatic heterocycles. The van der Waals surface area contributed by atoms with Crippen molar-refractivity contribution in [1.29, 1.82) is 0 Å². The first-order chi connectivity index (χ1) is 6.63. The van der Waals surface area contributed by atoms with E-state index in [1.54, 1.807) is 31.2 Å². The summed E-state index contributed by atoms with van der Waals surface area (Å²) in [7, 11) is 0. The smallest absolute Gasteiger partial charge is 0.201 e. The summed E-state index contributed by atoms with van der Waals surface area (Å²) in [6.07, 6.45) is 0. The molecule has 0 fully saturated rings. The van der Waals surface area contributed by atoms with Crippen LogP contribution in [0.1, 0.15) is 27.6 Å². The molecule has 0 atom stereocenters. The standard InChI is InChI=1S/C11H7BrO2/c1-6-9(12)11(14)8-5-3-2-4-7(8)10(6)13/h2-5H,1H3. The predicted octanol–water partition coefficient (Wildman–Crippen LogP) is 2.73. The van der Waals surface area contributed by atoms with Gasteiger partial charge in [0.05, 0.1) is 4.48 Å². The van der Waals surface area contributed by atoms with Crippen molar-refractivity contribution in [1.82, 2.24) is 0 Å². The zero-order valence-electron chi connectivity index (χ0n) is 7.50. The van der Waals surface area contributed by atoms with Gasteiger partial charge in [0, 0.05) is 16.7 Å². The van der Waals surface area contributed by atoms with E-state index >= 15 is 0 Å². The molecular formula is C11H7BrO2. The maximum atomic E-state index is 11.7. The number of carbonyl (C=O) groups is 2. The molecule has 70 valence electrons. The molecule has 0 aromatic heterocycles. The first-order valence-corrected chi connectivity index (χ1v) is 4.97. The van der Waals surface area contributed by atoms with Crippen LogP contribution in [-0.2, 0) is 0 Å². The second kappa shape index (κ2) is 3.17. The van der Waals surface area contributed by atoms with Gasteiger partial charge in [-0.25, -0.2) is 0 Å². The van der Waals surface area contributed by atoms with Crippen molar-refractivity contribution in [2.75, 3.05) is 0 Å². The van der Waals surface area contributed by atoms with Crippen LogP contribution in [-0.4, -0.2) is 11.6 Å². The second-order valence-corrected chi connectivity index (χ2v) is 3.94. The zero-order chi connectivity index (χ0) is 10.3. The molecule has 2 rings (SSSR count). The molecule has 0 radical (unpaired) electrons. The van der Waals surface area contributed by atoms with Gasteiger partial charge in [-0.05, 0) is 22.9 Å². The lowest BCUT2D eigenvalue weighted by Gasteiger charge is -2.14. The minimum Gasteiger partial charge on any atom is -0.289 e. The minimum absolute atomic E-state index is 0.0768. The number of ketones is 2. The Balaban J connectivity index is 2.73. The van der Waals surface area contributed by atoms with E-state index in [1.165, 1.54) is 0 Å². The van der Waals surface area contributed by atoms with Crippen molar-refractivity contribution in [3.8, 4) is 0 Å². The van der Waals surface area contributed by atoms with Gasteiger partial charge in [-0.2, -0.15) is 0 Å². The lowest BCUT2D eigenvalue weighted by atomic mass is 9.90. The topological polar surface area (TPSA) is 34.1 Å². The molecule has 0 saturated carbocycles. The maximum absolute atomic E-state index is 11.7. The van der Waals surface area contributed by atoms with Crippen LogP contribution < -0.4 is 0 Å². The van der Waals surface area contributed by atoms with E-state index in [2.05, 4.69) is 15.9 Å². The normalized spacial score (nSPS) is 15.9. The number of Topliss-reactive ketones (excluding diaryl/α,β-unsaturated/α-hetero) is 2. The molecule has 1 aliphatic rings. The summed E-state index contributed by atoms with van der Waals surface area (Å²) in [5.74, 6) is -0.190. The Morgan fingerprint density at radius 1 is 1.00 bits per heavy atom. The van der Waals surface area contributed by atoms with Gasteiger partial charge >= 0.3 is 0 Å². The largest absolute Gasteiger partial charge is 0.289 e. The van der Waals surface area contributed by atoms with Crippen molar-refractivity contribution in [2.24, 2.45) is 0 Å². The number of halogens is 1. The van der Waals surface area contributed by atoms with Crippen LogP contribution in [0.3, 0.4) is 0 Å². The Kier molecular flexibility index (Phi) is 2.11. The molecule has 14 heavy (non-hydrogen) atoms. The SMILES string of the molecule is CC1=C(Br)C(=O)c2ccccc2C1=O. The molecule has 0 spiro atoms. The molecule has 0 unspecified atom stereocenters. The fourth-order valence-electron chi connectivity index (χ4n) is 1.47. The summed E-state index contributed by atoms with van der Waals surface area (Å²) in [6.45, 7) is 1.65. The van der Waals surface area contributed by atoms with Gasteiger partial charge in [0.1, 0.15) is 0 Å². The molecule has 1 aromatic rings. The summed E-state index contributed by atoms with van der Waals surface area (Å²) >= 11 is 3.14. The third kappa shape index (κ3) is 1.16. The van der Waals surface area contributed by atoms with Crippen LogP contribution in [0, 0.1) is 0 Å². The van der Waals surface area contributed by atoms with Gasteiger partial charge in [-0.15, -0.1) is 0 Å². The van der Waals surface area contributed by atoms with Gasteiger partial charge < -0.3 is 0 Å². The van der Waals surface area contributed by atoms with Gasteiger partial charge in [0.25, 0.3) is 0 Å². The van der Waals surface area contributed by atoms with Crippen molar-refractivity contribution in [2.45, 2.75) is 6.92 Å². The first-order valence-electron chi connectivity index (χ1n) is 4.17. The van der Waals surface area contributed by atoms with Crippen LogP contribution in [0.15, 0.2) is 34.3 Å². The van der Waals surface area contributed by atoms with E-state index in [0.717, 1.165) is 0 Å². The second-order valence-electron chi connectivity index (χ2n) is 3.14. The maximum Gasteiger partial charge on any atom is 0.201 e. The lowest BCUT2D eigenvalue weighted by molar-refractivity contribution is 0.0982. The monoisotopic (exact) mass is 250 g/mol. The molecule has 1 aromatic carbocycles. The summed E-state index contributed by atoms with van der Waals surface area (Å²) in [4.78, 5) is 23.4. The minimum atomic E-state index is -0.113. The van der Waals surface area contributed by atoms with Crippen molar-refractivity contribution < 1.29 is 9.59 Å². The van der Waals surface area contributed by atoms with Gasteiger partial charge in [-0.3, -0.25) is 9.59 Å². The number of fused-ring (bicyclic) bond motifs is 1. The summed E-state index contributed by atoms with van der Waals surface area (Å²) in [6, 6.07) is 6.86. The van der Waals surface area contributed by atoms with Gasteiger partial charge in [0.15, 0.2) is 5.78 Å². The van der Waals surface area contributed by atoms with Crippen LogP contribution in [0.5, 0.6) is 0 Å². The summed E-state index contributed by atoms with van der Waals surface area (Å²) in [5.41, 5.74) is 1.46. The molecule has 0 amide bonds. The Hall–Kier alpha value is -1.22. The Morgan fingerprint density at radius 3 is 2.07 bits per heavy atom. The fourth-order valence-corrected chi connectivity index (χ4v) is 1.86. The Morgan fingerprint density at radius 2 is 1.50 bits per heavy atom. The van der Waals surface area contributed by atoms with Crippen molar-refractivity contribution in [3.63, 3.8) is 0 Å². The number of rotatable bonds is 0. The highest BCUT2D eigenvalue weighted by Gasteiger charge is 2.27. The molecule has 0 heterocycles. The molecule has 3 heteroatoms. The van der Waals surface area contributed by atoms with Gasteiger partial charge in [0.2, 0.25) is 5.78 Å². The highest BCUT2D eigenvalue weighted by molar-refractivity contribution is 9.12. The van der Waals surface area contributed by atoms with Gasteiger partial charge in [-0.1, -0.05) is 24.3 Å². The van der Waals surface area contributed by atoms with Crippen LogP contribution in [0.2, 0.25) is 0 Å². The molecular weight excluding hydrogens is 244 g/mol. The molecule has 1 aliphatic carbocycles. The van der Waals surface area contributed by atoms with E-state index in [4.69, 9.17) is 0 Å². The van der Waals surface area contributed by atoms with Crippen molar-refractivity contribution >= 4 is 27.5 Å². The third-order valence-electron chi connectivity index (χ3n) is 2.29. The lowest BCUT2D eigenvalue weighted by Crippen LogP contribution is -2.17. The average Bonchev–Trinajstić information content (AvgIpc) is 2.23. The van der Waals surface area contributed by atoms with E-state index in [-0.39, 0.29) is 11.6 Å². The molecule has 0 bridgehead atoms. The van der Waals surface area contributed by atoms with E-state index in [1.807, 2.05) is 0 Å². The third-order valence-corrected chi connectivity index (χ3v) is 3.24. The van der Waals surface area contributed by atoms with Crippen LogP contribution >= 0.6 is 15.9 Å². The fraction of sp³-hybridized carbons (Fsp3) is 0.0909.